The predicted molar refractivity (Wildman–Crippen MR) is 63.3 cm³/mol. The van der Waals surface area contributed by atoms with E-state index in [4.69, 9.17) is 5.11 Å². The van der Waals surface area contributed by atoms with E-state index in [1.807, 2.05) is 0 Å². The maximum absolute atomic E-state index is 11.6. The fraction of sp³-hybridized carbons (Fsp3) is 0.455. The molecule has 1 amide bonds. The molecule has 1 unspecified atom stereocenters. The Bertz CT molecular complexity index is 509. The topological polar surface area (TPSA) is 112 Å². The quantitative estimate of drug-likeness (QED) is 0.670. The molecule has 3 N–H and O–H groups in total. The molecule has 0 saturated heterocycles. The summed E-state index contributed by atoms with van der Waals surface area (Å²) in [7, 11) is 0. The summed E-state index contributed by atoms with van der Waals surface area (Å²) in [5.41, 5.74) is 1.16. The van der Waals surface area contributed by atoms with Crippen molar-refractivity contribution >= 4 is 11.9 Å². The Morgan fingerprint density at radius 1 is 1.44 bits per heavy atom. The number of nitrogens with one attached hydrogen (secondary N) is 2. The molecule has 0 saturated carbocycles. The Hall–Kier alpha value is -2.18. The predicted octanol–water partition coefficient (Wildman–Crippen LogP) is -0.481. The number of rotatable bonds is 4. The van der Waals surface area contributed by atoms with Gasteiger partial charge in [-0.05, 0) is 20.8 Å². The molecule has 7 heteroatoms. The number of aliphatic carboxylic acids is 1. The largest absolute Gasteiger partial charge is 0.480 e. The number of aryl methyl sites for hydroxylation is 2. The van der Waals surface area contributed by atoms with Crippen LogP contribution in [0.3, 0.4) is 0 Å². The van der Waals surface area contributed by atoms with Crippen molar-refractivity contribution < 1.29 is 14.7 Å². The summed E-state index contributed by atoms with van der Waals surface area (Å²) in [5, 5.41) is 11.0. The van der Waals surface area contributed by atoms with Crippen LogP contribution >= 0.6 is 0 Å². The molecule has 18 heavy (non-hydrogen) atoms. The van der Waals surface area contributed by atoms with Gasteiger partial charge in [-0.1, -0.05) is 0 Å². The molecule has 0 fully saturated rings. The highest BCUT2D eigenvalue weighted by atomic mass is 16.4. The monoisotopic (exact) mass is 253 g/mol. The van der Waals surface area contributed by atoms with Gasteiger partial charge in [0.1, 0.15) is 6.04 Å². The van der Waals surface area contributed by atoms with Crippen LogP contribution in [-0.2, 0) is 16.0 Å². The van der Waals surface area contributed by atoms with Crippen molar-refractivity contribution in [2.75, 3.05) is 0 Å². The number of aromatic amines is 1. The number of nitrogens with zero attached hydrogens (tertiary/aromatic N) is 1. The summed E-state index contributed by atoms with van der Waals surface area (Å²) < 4.78 is 0. The first kappa shape index (κ1) is 13.9. The van der Waals surface area contributed by atoms with Gasteiger partial charge in [0.05, 0.1) is 6.42 Å². The van der Waals surface area contributed by atoms with Crippen LogP contribution < -0.4 is 11.0 Å². The van der Waals surface area contributed by atoms with E-state index < -0.39 is 23.6 Å². The van der Waals surface area contributed by atoms with Crippen LogP contribution in [0.2, 0.25) is 0 Å². The van der Waals surface area contributed by atoms with Crippen molar-refractivity contribution in [2.45, 2.75) is 33.2 Å². The lowest BCUT2D eigenvalue weighted by Gasteiger charge is -2.11. The zero-order chi connectivity index (χ0) is 13.9. The number of carboxylic acid groups (broad SMARTS) is 1. The molecular weight excluding hydrogens is 238 g/mol. The van der Waals surface area contributed by atoms with Crippen LogP contribution in [0, 0.1) is 13.8 Å². The second kappa shape index (κ2) is 5.44. The summed E-state index contributed by atoms with van der Waals surface area (Å²) in [4.78, 5) is 39.5. The lowest BCUT2D eigenvalue weighted by molar-refractivity contribution is -0.141. The first-order valence-corrected chi connectivity index (χ1v) is 5.40. The third-order valence-corrected chi connectivity index (χ3v) is 2.54. The molecule has 0 aliphatic rings. The van der Waals surface area contributed by atoms with Gasteiger partial charge in [0.15, 0.2) is 0 Å². The Labute approximate surface area is 103 Å². The van der Waals surface area contributed by atoms with E-state index in [1.54, 1.807) is 13.8 Å². The first-order valence-electron chi connectivity index (χ1n) is 5.40. The average molecular weight is 253 g/mol. The number of H-pyrrole nitrogens is 1. The second-order valence-corrected chi connectivity index (χ2v) is 4.04. The molecule has 1 aromatic rings. The van der Waals surface area contributed by atoms with Crippen LogP contribution in [0.4, 0.5) is 0 Å². The Balaban J connectivity index is 2.83. The van der Waals surface area contributed by atoms with Crippen LogP contribution in [0.5, 0.6) is 0 Å². The number of aromatic nitrogens is 2. The second-order valence-electron chi connectivity index (χ2n) is 4.04. The van der Waals surface area contributed by atoms with Gasteiger partial charge in [0.2, 0.25) is 5.91 Å². The molecule has 0 bridgehead atoms. The summed E-state index contributed by atoms with van der Waals surface area (Å²) in [6.45, 7) is 4.68. The van der Waals surface area contributed by atoms with Crippen molar-refractivity contribution in [3.63, 3.8) is 0 Å². The SMILES string of the molecule is Cc1nc(=O)[nH]c(C)c1CC(=O)NC(C)C(=O)O. The van der Waals surface area contributed by atoms with E-state index in [0.717, 1.165) is 0 Å². The summed E-state index contributed by atoms with van der Waals surface area (Å²) >= 11 is 0. The standard InChI is InChI=1S/C11H15N3O4/c1-5-8(6(2)14-11(18)13-5)4-9(15)12-7(3)10(16)17/h7H,4H2,1-3H3,(H,12,15)(H,16,17)(H,13,14,18). The zero-order valence-electron chi connectivity index (χ0n) is 10.4. The molecular formula is C11H15N3O4. The Morgan fingerprint density at radius 3 is 2.56 bits per heavy atom. The molecule has 1 rings (SSSR count). The molecule has 1 heterocycles. The maximum atomic E-state index is 11.6. The maximum Gasteiger partial charge on any atom is 0.345 e. The number of amides is 1. The highest BCUT2D eigenvalue weighted by Crippen LogP contribution is 2.07. The molecule has 7 nitrogen and oxygen atoms in total. The third kappa shape index (κ3) is 3.41. The van der Waals surface area contributed by atoms with E-state index >= 15 is 0 Å². The summed E-state index contributed by atoms with van der Waals surface area (Å²) in [6, 6.07) is -0.950. The third-order valence-electron chi connectivity index (χ3n) is 2.54. The molecule has 1 aromatic heterocycles. The van der Waals surface area contributed by atoms with Crippen LogP contribution in [0.25, 0.3) is 0 Å². The fourth-order valence-electron chi connectivity index (χ4n) is 1.53. The molecule has 0 aliphatic carbocycles. The number of hydrogen-bond acceptors (Lipinski definition) is 4. The number of carbonyl (C=O) groups is 2. The Morgan fingerprint density at radius 2 is 2.06 bits per heavy atom. The first-order chi connectivity index (χ1) is 8.31. The number of hydrogen-bond donors (Lipinski definition) is 3. The van der Waals surface area contributed by atoms with Gasteiger partial charge in [0, 0.05) is 17.0 Å². The molecule has 0 aliphatic heterocycles. The fourth-order valence-corrected chi connectivity index (χ4v) is 1.53. The highest BCUT2D eigenvalue weighted by Gasteiger charge is 2.16. The van der Waals surface area contributed by atoms with Crippen molar-refractivity contribution in [1.29, 1.82) is 0 Å². The molecule has 0 aromatic carbocycles. The van der Waals surface area contributed by atoms with Gasteiger partial charge in [-0.2, -0.15) is 4.98 Å². The van der Waals surface area contributed by atoms with Crippen molar-refractivity contribution in [1.82, 2.24) is 15.3 Å². The van der Waals surface area contributed by atoms with Gasteiger partial charge < -0.3 is 15.4 Å². The van der Waals surface area contributed by atoms with Crippen molar-refractivity contribution in [2.24, 2.45) is 0 Å². The van der Waals surface area contributed by atoms with E-state index in [2.05, 4.69) is 15.3 Å². The number of carboxylic acids is 1. The van der Waals surface area contributed by atoms with Crippen molar-refractivity contribution in [3.8, 4) is 0 Å². The highest BCUT2D eigenvalue weighted by molar-refractivity contribution is 5.84. The minimum atomic E-state index is -1.10. The van der Waals surface area contributed by atoms with E-state index in [0.29, 0.717) is 17.0 Å². The van der Waals surface area contributed by atoms with Gasteiger partial charge in [-0.15, -0.1) is 0 Å². The smallest absolute Gasteiger partial charge is 0.345 e. The van der Waals surface area contributed by atoms with Crippen LogP contribution in [0.1, 0.15) is 23.9 Å². The summed E-state index contributed by atoms with van der Waals surface area (Å²) in [5.74, 6) is -1.53. The van der Waals surface area contributed by atoms with Crippen LogP contribution in [-0.4, -0.2) is 33.0 Å². The van der Waals surface area contributed by atoms with E-state index in [-0.39, 0.29) is 6.42 Å². The minimum absolute atomic E-state index is 0.0148. The van der Waals surface area contributed by atoms with Gasteiger partial charge in [0.25, 0.3) is 0 Å². The zero-order valence-corrected chi connectivity index (χ0v) is 10.4. The lowest BCUT2D eigenvalue weighted by atomic mass is 10.1. The van der Waals surface area contributed by atoms with Gasteiger partial charge >= 0.3 is 11.7 Å². The molecule has 1 atom stereocenters. The normalized spacial score (nSPS) is 11.9. The van der Waals surface area contributed by atoms with E-state index in [9.17, 15) is 14.4 Å². The minimum Gasteiger partial charge on any atom is -0.480 e. The van der Waals surface area contributed by atoms with Crippen LogP contribution in [0.15, 0.2) is 4.79 Å². The molecule has 98 valence electrons. The molecule has 0 radical (unpaired) electrons. The Kier molecular flexibility index (Phi) is 4.19. The van der Waals surface area contributed by atoms with Gasteiger partial charge in [-0.3, -0.25) is 9.59 Å². The summed E-state index contributed by atoms with van der Waals surface area (Å²) in [6.07, 6.45) is -0.0148. The van der Waals surface area contributed by atoms with E-state index in [1.165, 1.54) is 6.92 Å². The lowest BCUT2D eigenvalue weighted by Crippen LogP contribution is -2.39. The van der Waals surface area contributed by atoms with Gasteiger partial charge in [-0.25, -0.2) is 4.79 Å². The van der Waals surface area contributed by atoms with Crippen molar-refractivity contribution in [3.05, 3.63) is 27.4 Å². The average Bonchev–Trinajstić information content (AvgIpc) is 2.23. The molecule has 0 spiro atoms. The number of carbonyl (C=O) groups excluding carboxylic acids is 1.